The molecule has 1 saturated carbocycles. The van der Waals surface area contributed by atoms with Crippen molar-refractivity contribution in [1.82, 2.24) is 4.98 Å². The van der Waals surface area contributed by atoms with Gasteiger partial charge in [0.05, 0.1) is 0 Å². The Morgan fingerprint density at radius 3 is 2.89 bits per heavy atom. The van der Waals surface area contributed by atoms with Gasteiger partial charge in [0.25, 0.3) is 0 Å². The van der Waals surface area contributed by atoms with Crippen LogP contribution in [0.1, 0.15) is 48.0 Å². The zero-order valence-electron chi connectivity index (χ0n) is 10.8. The van der Waals surface area contributed by atoms with E-state index in [0.717, 1.165) is 24.4 Å². The van der Waals surface area contributed by atoms with Crippen LogP contribution in [0.4, 0.5) is 5.82 Å². The summed E-state index contributed by atoms with van der Waals surface area (Å²) in [5.41, 5.74) is 1.05. The van der Waals surface area contributed by atoms with Gasteiger partial charge in [-0.1, -0.05) is 25.7 Å². The number of anilines is 1. The van der Waals surface area contributed by atoms with E-state index < -0.39 is 5.97 Å². The van der Waals surface area contributed by atoms with E-state index in [4.69, 9.17) is 0 Å². The van der Waals surface area contributed by atoms with Gasteiger partial charge < -0.3 is 10.4 Å². The SMILES string of the molecule is Cc1ccnc(NCCC2CCCC2)c1C(=O)O. The smallest absolute Gasteiger partial charge is 0.339 e. The Labute approximate surface area is 107 Å². The minimum atomic E-state index is -0.913. The van der Waals surface area contributed by atoms with Crippen molar-refractivity contribution in [3.05, 3.63) is 23.4 Å². The molecule has 0 radical (unpaired) electrons. The van der Waals surface area contributed by atoms with E-state index in [9.17, 15) is 9.90 Å². The molecule has 1 aliphatic carbocycles. The van der Waals surface area contributed by atoms with Crippen molar-refractivity contribution in [3.8, 4) is 0 Å². The number of aromatic carboxylic acids is 1. The molecule has 1 fully saturated rings. The number of carboxylic acids is 1. The van der Waals surface area contributed by atoms with E-state index in [0.29, 0.717) is 11.4 Å². The Balaban J connectivity index is 1.96. The highest BCUT2D eigenvalue weighted by Gasteiger charge is 2.16. The minimum Gasteiger partial charge on any atom is -0.478 e. The van der Waals surface area contributed by atoms with E-state index in [2.05, 4.69) is 10.3 Å². The van der Waals surface area contributed by atoms with Gasteiger partial charge in [0.2, 0.25) is 0 Å². The zero-order chi connectivity index (χ0) is 13.0. The van der Waals surface area contributed by atoms with Gasteiger partial charge in [-0.2, -0.15) is 0 Å². The molecule has 0 saturated heterocycles. The van der Waals surface area contributed by atoms with Crippen LogP contribution in [0.3, 0.4) is 0 Å². The van der Waals surface area contributed by atoms with Crippen LogP contribution in [0.2, 0.25) is 0 Å². The second kappa shape index (κ2) is 5.85. The first-order valence-corrected chi connectivity index (χ1v) is 6.61. The number of carboxylic acid groups (broad SMARTS) is 1. The van der Waals surface area contributed by atoms with Gasteiger partial charge >= 0.3 is 5.97 Å². The number of pyridine rings is 1. The third-order valence-corrected chi connectivity index (χ3v) is 3.69. The molecule has 0 aliphatic heterocycles. The summed E-state index contributed by atoms with van der Waals surface area (Å²) >= 11 is 0. The number of rotatable bonds is 5. The molecule has 4 nitrogen and oxygen atoms in total. The van der Waals surface area contributed by atoms with E-state index in [1.54, 1.807) is 19.2 Å². The van der Waals surface area contributed by atoms with Crippen LogP contribution in [-0.2, 0) is 0 Å². The van der Waals surface area contributed by atoms with E-state index in [1.165, 1.54) is 25.7 Å². The molecule has 1 heterocycles. The molecule has 4 heteroatoms. The maximum atomic E-state index is 11.2. The van der Waals surface area contributed by atoms with Crippen LogP contribution in [0.15, 0.2) is 12.3 Å². The van der Waals surface area contributed by atoms with Gasteiger partial charge in [0.15, 0.2) is 0 Å². The number of aromatic nitrogens is 1. The van der Waals surface area contributed by atoms with Crippen molar-refractivity contribution in [3.63, 3.8) is 0 Å². The van der Waals surface area contributed by atoms with E-state index in [-0.39, 0.29) is 0 Å². The first kappa shape index (κ1) is 12.9. The summed E-state index contributed by atoms with van der Waals surface area (Å²) in [6, 6.07) is 1.73. The summed E-state index contributed by atoms with van der Waals surface area (Å²) in [4.78, 5) is 15.3. The lowest BCUT2D eigenvalue weighted by Crippen LogP contribution is -2.12. The molecule has 1 aromatic heterocycles. The number of nitrogens with one attached hydrogen (secondary N) is 1. The fraction of sp³-hybridized carbons (Fsp3) is 0.571. The molecular weight excluding hydrogens is 228 g/mol. The van der Waals surface area contributed by atoms with Crippen LogP contribution in [0.5, 0.6) is 0 Å². The van der Waals surface area contributed by atoms with Crippen LogP contribution in [0.25, 0.3) is 0 Å². The van der Waals surface area contributed by atoms with Gasteiger partial charge in [-0.3, -0.25) is 0 Å². The second-order valence-electron chi connectivity index (χ2n) is 5.02. The molecule has 0 amide bonds. The molecule has 1 aromatic rings. The molecule has 0 aromatic carbocycles. The quantitative estimate of drug-likeness (QED) is 0.840. The summed E-state index contributed by atoms with van der Waals surface area (Å²) in [6.07, 6.45) is 8.07. The Bertz CT molecular complexity index is 426. The second-order valence-corrected chi connectivity index (χ2v) is 5.02. The third-order valence-electron chi connectivity index (χ3n) is 3.69. The lowest BCUT2D eigenvalue weighted by molar-refractivity contribution is 0.0697. The lowest BCUT2D eigenvalue weighted by atomic mass is 10.0. The first-order valence-electron chi connectivity index (χ1n) is 6.61. The Morgan fingerprint density at radius 1 is 1.50 bits per heavy atom. The van der Waals surface area contributed by atoms with Crippen molar-refractivity contribution < 1.29 is 9.90 Å². The molecule has 1 aliphatic rings. The number of hydrogen-bond acceptors (Lipinski definition) is 3. The highest BCUT2D eigenvalue weighted by atomic mass is 16.4. The first-order chi connectivity index (χ1) is 8.68. The van der Waals surface area contributed by atoms with Crippen LogP contribution in [0, 0.1) is 12.8 Å². The maximum Gasteiger partial charge on any atom is 0.339 e. The highest BCUT2D eigenvalue weighted by molar-refractivity contribution is 5.94. The average molecular weight is 248 g/mol. The van der Waals surface area contributed by atoms with Crippen molar-refractivity contribution in [1.29, 1.82) is 0 Å². The molecule has 0 bridgehead atoms. The van der Waals surface area contributed by atoms with Crippen LogP contribution >= 0.6 is 0 Å². The average Bonchev–Trinajstić information content (AvgIpc) is 2.81. The van der Waals surface area contributed by atoms with E-state index >= 15 is 0 Å². The summed E-state index contributed by atoms with van der Waals surface area (Å²) < 4.78 is 0. The predicted molar refractivity (Wildman–Crippen MR) is 71.0 cm³/mol. The lowest BCUT2D eigenvalue weighted by Gasteiger charge is -2.12. The van der Waals surface area contributed by atoms with Gasteiger partial charge in [0.1, 0.15) is 11.4 Å². The number of carbonyl (C=O) groups is 1. The standard InChI is InChI=1S/C14H20N2O2/c1-10-6-8-15-13(12(10)14(17)18)16-9-7-11-4-2-3-5-11/h6,8,11H,2-5,7,9H2,1H3,(H,15,16)(H,17,18). The summed E-state index contributed by atoms with van der Waals surface area (Å²) in [6.45, 7) is 2.61. The number of hydrogen-bond donors (Lipinski definition) is 2. The topological polar surface area (TPSA) is 62.2 Å². The molecule has 18 heavy (non-hydrogen) atoms. The fourth-order valence-corrected chi connectivity index (χ4v) is 2.66. The van der Waals surface area contributed by atoms with Crippen molar-refractivity contribution in [2.24, 2.45) is 5.92 Å². The predicted octanol–water partition coefficient (Wildman–Crippen LogP) is 3.08. The summed E-state index contributed by atoms with van der Waals surface area (Å²) in [5.74, 6) is 0.389. The molecule has 0 spiro atoms. The normalized spacial score (nSPS) is 15.8. The fourth-order valence-electron chi connectivity index (χ4n) is 2.66. The Hall–Kier alpha value is -1.58. The van der Waals surface area contributed by atoms with Gasteiger partial charge in [-0.05, 0) is 30.9 Å². The molecule has 0 unspecified atom stereocenters. The number of nitrogens with zero attached hydrogens (tertiary/aromatic N) is 1. The van der Waals surface area contributed by atoms with Gasteiger partial charge in [0, 0.05) is 12.7 Å². The van der Waals surface area contributed by atoms with Crippen molar-refractivity contribution in [2.75, 3.05) is 11.9 Å². The zero-order valence-corrected chi connectivity index (χ0v) is 10.8. The van der Waals surface area contributed by atoms with Gasteiger partial charge in [-0.15, -0.1) is 0 Å². The third kappa shape index (κ3) is 3.00. The Morgan fingerprint density at radius 2 is 2.22 bits per heavy atom. The van der Waals surface area contributed by atoms with Crippen molar-refractivity contribution >= 4 is 11.8 Å². The largest absolute Gasteiger partial charge is 0.478 e. The number of aryl methyl sites for hydroxylation is 1. The molecule has 98 valence electrons. The maximum absolute atomic E-state index is 11.2. The van der Waals surface area contributed by atoms with Crippen LogP contribution in [-0.4, -0.2) is 22.6 Å². The van der Waals surface area contributed by atoms with Crippen molar-refractivity contribution in [2.45, 2.75) is 39.0 Å². The molecular formula is C14H20N2O2. The Kier molecular flexibility index (Phi) is 4.18. The highest BCUT2D eigenvalue weighted by Crippen LogP contribution is 2.27. The van der Waals surface area contributed by atoms with E-state index in [1.807, 2.05) is 0 Å². The summed E-state index contributed by atoms with van der Waals surface area (Å²) in [7, 11) is 0. The summed E-state index contributed by atoms with van der Waals surface area (Å²) in [5, 5.41) is 12.3. The van der Waals surface area contributed by atoms with Crippen LogP contribution < -0.4 is 5.32 Å². The monoisotopic (exact) mass is 248 g/mol. The molecule has 2 rings (SSSR count). The van der Waals surface area contributed by atoms with Gasteiger partial charge in [-0.25, -0.2) is 9.78 Å². The minimum absolute atomic E-state index is 0.295. The molecule has 0 atom stereocenters. The molecule has 2 N–H and O–H groups in total.